The summed E-state index contributed by atoms with van der Waals surface area (Å²) in [5.74, 6) is -3.64. The van der Waals surface area contributed by atoms with Crippen LogP contribution < -0.4 is 5.32 Å². The quantitative estimate of drug-likeness (QED) is 0.642. The van der Waals surface area contributed by atoms with Crippen LogP contribution >= 0.6 is 0 Å². The van der Waals surface area contributed by atoms with E-state index in [1.807, 2.05) is 0 Å². The van der Waals surface area contributed by atoms with Crippen LogP contribution in [-0.4, -0.2) is 18.5 Å². The summed E-state index contributed by atoms with van der Waals surface area (Å²) in [7, 11) is 0. The molecule has 0 atom stereocenters. The zero-order chi connectivity index (χ0) is 19.3. The van der Waals surface area contributed by atoms with Gasteiger partial charge in [0, 0.05) is 6.07 Å². The van der Waals surface area contributed by atoms with Crippen LogP contribution in [0.5, 0.6) is 0 Å². The van der Waals surface area contributed by atoms with Gasteiger partial charge in [0.2, 0.25) is 0 Å². The Bertz CT molecular complexity index is 820. The second-order valence-corrected chi connectivity index (χ2v) is 5.21. The lowest BCUT2D eigenvalue weighted by molar-refractivity contribution is -0.146. The fourth-order valence-corrected chi connectivity index (χ4v) is 2.00. The van der Waals surface area contributed by atoms with Gasteiger partial charge in [-0.15, -0.1) is 0 Å². The number of carbonyl (C=O) groups excluding carboxylic acids is 2. The summed E-state index contributed by atoms with van der Waals surface area (Å²) in [5, 5.41) is 2.08. The van der Waals surface area contributed by atoms with Crippen molar-refractivity contribution in [3.63, 3.8) is 0 Å². The van der Waals surface area contributed by atoms with Crippen molar-refractivity contribution in [1.29, 1.82) is 0 Å². The van der Waals surface area contributed by atoms with E-state index in [0.717, 1.165) is 30.3 Å². The van der Waals surface area contributed by atoms with Crippen molar-refractivity contribution in [2.24, 2.45) is 0 Å². The number of hydrogen-bond donors (Lipinski definition) is 1. The van der Waals surface area contributed by atoms with Crippen LogP contribution in [0.25, 0.3) is 0 Å². The van der Waals surface area contributed by atoms with Gasteiger partial charge in [-0.1, -0.05) is 18.2 Å². The highest BCUT2D eigenvalue weighted by atomic mass is 19.4. The van der Waals surface area contributed by atoms with Crippen LogP contribution in [0, 0.1) is 11.6 Å². The summed E-state index contributed by atoms with van der Waals surface area (Å²) in [6, 6.07) is 6.61. The first-order valence-electron chi connectivity index (χ1n) is 7.22. The number of amides is 1. The van der Waals surface area contributed by atoms with Gasteiger partial charge in [-0.2, -0.15) is 13.2 Å². The van der Waals surface area contributed by atoms with Gasteiger partial charge in [0.15, 0.2) is 6.61 Å². The zero-order valence-corrected chi connectivity index (χ0v) is 13.1. The molecule has 0 saturated heterocycles. The lowest BCUT2D eigenvalue weighted by atomic mass is 10.1. The second-order valence-electron chi connectivity index (χ2n) is 5.21. The Hall–Kier alpha value is -2.97. The van der Waals surface area contributed by atoms with E-state index in [2.05, 4.69) is 10.1 Å². The van der Waals surface area contributed by atoms with Crippen LogP contribution in [0.4, 0.5) is 27.6 Å². The van der Waals surface area contributed by atoms with Crippen LogP contribution in [-0.2, 0) is 26.9 Å². The molecule has 0 bridgehead atoms. The van der Waals surface area contributed by atoms with Gasteiger partial charge < -0.3 is 10.1 Å². The molecule has 0 aliphatic heterocycles. The highest BCUT2D eigenvalue weighted by Gasteiger charge is 2.30. The number of hydrogen-bond acceptors (Lipinski definition) is 3. The molecular formula is C17H12F5NO3. The van der Waals surface area contributed by atoms with E-state index in [4.69, 9.17) is 0 Å². The third-order valence-electron chi connectivity index (χ3n) is 3.17. The predicted molar refractivity (Wildman–Crippen MR) is 81.1 cm³/mol. The molecule has 2 rings (SSSR count). The smallest absolute Gasteiger partial charge is 0.416 e. The van der Waals surface area contributed by atoms with Gasteiger partial charge in [-0.05, 0) is 23.8 Å². The lowest BCUT2D eigenvalue weighted by Crippen LogP contribution is -2.22. The van der Waals surface area contributed by atoms with Gasteiger partial charge in [0.05, 0.1) is 17.7 Å². The first kappa shape index (κ1) is 19.4. The molecule has 2 aromatic rings. The van der Waals surface area contributed by atoms with Crippen molar-refractivity contribution in [1.82, 2.24) is 0 Å². The predicted octanol–water partition coefficient (Wildman–Crippen LogP) is 3.71. The largest absolute Gasteiger partial charge is 0.455 e. The number of rotatable bonds is 5. The van der Waals surface area contributed by atoms with Crippen LogP contribution in [0.2, 0.25) is 0 Å². The van der Waals surface area contributed by atoms with E-state index >= 15 is 0 Å². The zero-order valence-electron chi connectivity index (χ0n) is 13.1. The van der Waals surface area contributed by atoms with E-state index in [1.165, 1.54) is 6.07 Å². The van der Waals surface area contributed by atoms with Crippen LogP contribution in [0.3, 0.4) is 0 Å². The van der Waals surface area contributed by atoms with Gasteiger partial charge in [0.25, 0.3) is 5.91 Å². The average Bonchev–Trinajstić information content (AvgIpc) is 2.55. The molecule has 0 radical (unpaired) electrons. The van der Waals surface area contributed by atoms with E-state index < -0.39 is 48.3 Å². The standard InChI is InChI=1S/C17H12F5NO3/c18-12-4-5-14(13(19)8-12)23-15(24)9-26-16(25)7-10-2-1-3-11(6-10)17(20,21)22/h1-6,8H,7,9H2,(H,23,24). The van der Waals surface area contributed by atoms with E-state index in [0.29, 0.717) is 6.07 Å². The number of nitrogens with one attached hydrogen (secondary N) is 1. The summed E-state index contributed by atoms with van der Waals surface area (Å²) in [5.41, 5.74) is -1.15. The summed E-state index contributed by atoms with van der Waals surface area (Å²) in [6.07, 6.45) is -5.01. The fourth-order valence-electron chi connectivity index (χ4n) is 2.00. The van der Waals surface area contributed by atoms with Crippen molar-refractivity contribution in [3.8, 4) is 0 Å². The molecule has 0 heterocycles. The molecule has 9 heteroatoms. The summed E-state index contributed by atoms with van der Waals surface area (Å²) >= 11 is 0. The summed E-state index contributed by atoms with van der Waals surface area (Å²) < 4.78 is 68.6. The Morgan fingerprint density at radius 3 is 2.42 bits per heavy atom. The highest BCUT2D eigenvalue weighted by Crippen LogP contribution is 2.29. The topological polar surface area (TPSA) is 55.4 Å². The number of alkyl halides is 3. The molecule has 4 nitrogen and oxygen atoms in total. The first-order valence-corrected chi connectivity index (χ1v) is 7.22. The average molecular weight is 373 g/mol. The Morgan fingerprint density at radius 2 is 1.77 bits per heavy atom. The number of ether oxygens (including phenoxy) is 1. The van der Waals surface area contributed by atoms with Gasteiger partial charge in [0.1, 0.15) is 11.6 Å². The molecule has 0 spiro atoms. The van der Waals surface area contributed by atoms with Crippen molar-refractivity contribution in [2.45, 2.75) is 12.6 Å². The Balaban J connectivity index is 1.87. The Kier molecular flexibility index (Phi) is 5.91. The first-order chi connectivity index (χ1) is 12.1. The molecule has 138 valence electrons. The molecule has 2 aromatic carbocycles. The van der Waals surface area contributed by atoms with Crippen molar-refractivity contribution in [2.75, 3.05) is 11.9 Å². The minimum atomic E-state index is -4.54. The number of anilines is 1. The van der Waals surface area contributed by atoms with E-state index in [1.54, 1.807) is 0 Å². The normalized spacial score (nSPS) is 11.1. The summed E-state index contributed by atoms with van der Waals surface area (Å²) in [4.78, 5) is 23.2. The molecule has 0 aliphatic rings. The van der Waals surface area contributed by atoms with Gasteiger partial charge >= 0.3 is 12.1 Å². The number of benzene rings is 2. The summed E-state index contributed by atoms with van der Waals surface area (Å²) in [6.45, 7) is -0.769. The van der Waals surface area contributed by atoms with Crippen molar-refractivity contribution < 1.29 is 36.3 Å². The second kappa shape index (κ2) is 7.94. The SMILES string of the molecule is O=C(COC(=O)Cc1cccc(C(F)(F)F)c1)Nc1ccc(F)cc1F. The molecule has 26 heavy (non-hydrogen) atoms. The molecule has 1 N–H and O–H groups in total. The minimum absolute atomic E-state index is 0.0646. The fraction of sp³-hybridized carbons (Fsp3) is 0.176. The molecule has 0 unspecified atom stereocenters. The maximum atomic E-state index is 13.4. The maximum absolute atomic E-state index is 13.4. The Morgan fingerprint density at radius 1 is 1.04 bits per heavy atom. The molecule has 0 fully saturated rings. The lowest BCUT2D eigenvalue weighted by Gasteiger charge is -2.09. The highest BCUT2D eigenvalue weighted by molar-refractivity contribution is 5.93. The van der Waals surface area contributed by atoms with Crippen LogP contribution in [0.1, 0.15) is 11.1 Å². The van der Waals surface area contributed by atoms with Crippen LogP contribution in [0.15, 0.2) is 42.5 Å². The minimum Gasteiger partial charge on any atom is -0.455 e. The third kappa shape index (κ3) is 5.54. The van der Waals surface area contributed by atoms with E-state index in [9.17, 15) is 31.5 Å². The number of esters is 1. The van der Waals surface area contributed by atoms with Crippen molar-refractivity contribution >= 4 is 17.6 Å². The Labute approximate surface area is 144 Å². The van der Waals surface area contributed by atoms with Crippen molar-refractivity contribution in [3.05, 3.63) is 65.2 Å². The molecule has 1 amide bonds. The molecule has 0 aliphatic carbocycles. The van der Waals surface area contributed by atoms with Gasteiger partial charge in [-0.3, -0.25) is 9.59 Å². The number of halogens is 5. The van der Waals surface area contributed by atoms with E-state index in [-0.39, 0.29) is 11.3 Å². The molecular weight excluding hydrogens is 361 g/mol. The van der Waals surface area contributed by atoms with Gasteiger partial charge in [-0.25, -0.2) is 8.78 Å². The molecule has 0 aromatic heterocycles. The third-order valence-corrected chi connectivity index (χ3v) is 3.17. The number of carbonyl (C=O) groups is 2. The molecule has 0 saturated carbocycles. The maximum Gasteiger partial charge on any atom is 0.416 e. The monoisotopic (exact) mass is 373 g/mol.